The Bertz CT molecular complexity index is 642. The molecule has 22 heavy (non-hydrogen) atoms. The van der Waals surface area contributed by atoms with Gasteiger partial charge in [0, 0.05) is 12.1 Å². The molecule has 0 unspecified atom stereocenters. The van der Waals surface area contributed by atoms with Crippen LogP contribution in [-0.4, -0.2) is 14.5 Å². The van der Waals surface area contributed by atoms with Crippen LogP contribution in [0, 0.1) is 17.5 Å². The van der Waals surface area contributed by atoms with Crippen molar-refractivity contribution in [3.8, 4) is 0 Å². The maximum Gasteiger partial charge on any atom is 0.243 e. The summed E-state index contributed by atoms with van der Waals surface area (Å²) in [6.07, 6.45) is 6.46. The quantitative estimate of drug-likeness (QED) is 0.832. The molecule has 2 rings (SSSR count). The van der Waals surface area contributed by atoms with Gasteiger partial charge in [0.25, 0.3) is 0 Å². The largest absolute Gasteiger partial charge is 0.379 e. The number of anilines is 1. The second-order valence-corrected chi connectivity index (χ2v) is 7.09. The van der Waals surface area contributed by atoms with Crippen LogP contribution in [0.15, 0.2) is 11.0 Å². The second-order valence-electron chi connectivity index (χ2n) is 5.59. The molecule has 0 radical (unpaired) electrons. The zero-order valence-electron chi connectivity index (χ0n) is 12.0. The average Bonchev–Trinajstić information content (AvgIpc) is 2.37. The number of hydrogen-bond acceptors (Lipinski definition) is 3. The lowest BCUT2D eigenvalue weighted by Crippen LogP contribution is -2.25. The highest BCUT2D eigenvalue weighted by molar-refractivity contribution is 7.89. The molecule has 0 heterocycles. The van der Waals surface area contributed by atoms with Crippen LogP contribution in [0.3, 0.4) is 0 Å². The third-order valence-electron chi connectivity index (χ3n) is 3.87. The van der Waals surface area contributed by atoms with Crippen molar-refractivity contribution >= 4 is 15.7 Å². The number of nitrogens with two attached hydrogens (primary N) is 1. The second kappa shape index (κ2) is 6.87. The Morgan fingerprint density at radius 1 is 1.00 bits per heavy atom. The van der Waals surface area contributed by atoms with E-state index in [0.717, 1.165) is 32.1 Å². The summed E-state index contributed by atoms with van der Waals surface area (Å²) in [6, 6.07) is 0.134. The van der Waals surface area contributed by atoms with Crippen molar-refractivity contribution in [2.24, 2.45) is 5.14 Å². The van der Waals surface area contributed by atoms with Gasteiger partial charge in [-0.05, 0) is 12.8 Å². The Morgan fingerprint density at radius 3 is 2.09 bits per heavy atom. The van der Waals surface area contributed by atoms with Gasteiger partial charge in [0.05, 0.1) is 5.69 Å². The standard InChI is InChI=1S/C14H19F3N2O2S/c15-10-8-11(16)13(14(12(10)17)22(18,20)21)19-9-6-4-2-1-3-5-7-9/h8-9,19H,1-7H2,(H2,18,20,21). The van der Waals surface area contributed by atoms with E-state index >= 15 is 0 Å². The lowest BCUT2D eigenvalue weighted by molar-refractivity contribution is 0.458. The average molecular weight is 336 g/mol. The molecule has 1 aliphatic rings. The summed E-state index contributed by atoms with van der Waals surface area (Å²) in [5.41, 5.74) is -0.577. The molecular weight excluding hydrogens is 317 g/mol. The molecule has 0 bridgehead atoms. The Balaban J connectivity index is 2.39. The molecule has 0 aliphatic heterocycles. The van der Waals surface area contributed by atoms with E-state index in [9.17, 15) is 21.6 Å². The molecule has 3 N–H and O–H groups in total. The summed E-state index contributed by atoms with van der Waals surface area (Å²) in [5.74, 6) is -4.40. The maximum absolute atomic E-state index is 14.0. The minimum absolute atomic E-state index is 0.194. The third-order valence-corrected chi connectivity index (χ3v) is 4.82. The Kier molecular flexibility index (Phi) is 5.33. The van der Waals surface area contributed by atoms with E-state index in [-0.39, 0.29) is 6.04 Å². The van der Waals surface area contributed by atoms with Crippen LogP contribution in [-0.2, 0) is 10.0 Å². The first-order valence-electron chi connectivity index (χ1n) is 7.27. The molecule has 0 spiro atoms. The van der Waals surface area contributed by atoms with Crippen LogP contribution in [0.2, 0.25) is 0 Å². The number of rotatable bonds is 3. The summed E-state index contributed by atoms with van der Waals surface area (Å²) in [4.78, 5) is -1.15. The van der Waals surface area contributed by atoms with Crippen LogP contribution < -0.4 is 10.5 Å². The Morgan fingerprint density at radius 2 is 1.55 bits per heavy atom. The summed E-state index contributed by atoms with van der Waals surface area (Å²) in [6.45, 7) is 0. The molecule has 1 aromatic rings. The van der Waals surface area contributed by atoms with Crippen LogP contribution >= 0.6 is 0 Å². The molecule has 0 atom stereocenters. The molecule has 1 aromatic carbocycles. The van der Waals surface area contributed by atoms with Gasteiger partial charge in [0.1, 0.15) is 4.90 Å². The Hall–Kier alpha value is -1.28. The van der Waals surface area contributed by atoms with Gasteiger partial charge >= 0.3 is 0 Å². The van der Waals surface area contributed by atoms with Gasteiger partial charge in [-0.3, -0.25) is 0 Å². The fourth-order valence-corrected chi connectivity index (χ4v) is 3.57. The fraction of sp³-hybridized carbons (Fsp3) is 0.571. The van der Waals surface area contributed by atoms with E-state index < -0.39 is 38.1 Å². The number of halogens is 3. The van der Waals surface area contributed by atoms with E-state index in [0.29, 0.717) is 18.9 Å². The number of sulfonamides is 1. The zero-order valence-corrected chi connectivity index (χ0v) is 12.9. The van der Waals surface area contributed by atoms with Gasteiger partial charge in [-0.25, -0.2) is 26.7 Å². The molecule has 4 nitrogen and oxygen atoms in total. The normalized spacial score (nSPS) is 17.8. The monoisotopic (exact) mass is 336 g/mol. The van der Waals surface area contributed by atoms with E-state index in [1.165, 1.54) is 0 Å². The van der Waals surface area contributed by atoms with Crippen LogP contribution in [0.1, 0.15) is 44.9 Å². The highest BCUT2D eigenvalue weighted by atomic mass is 32.2. The van der Waals surface area contributed by atoms with E-state index in [1.54, 1.807) is 0 Å². The van der Waals surface area contributed by atoms with Gasteiger partial charge in [-0.15, -0.1) is 0 Å². The highest BCUT2D eigenvalue weighted by Gasteiger charge is 2.28. The molecule has 124 valence electrons. The number of primary sulfonamides is 1. The molecule has 1 aliphatic carbocycles. The predicted molar refractivity (Wildman–Crippen MR) is 77.4 cm³/mol. The Labute approximate surface area is 127 Å². The third kappa shape index (κ3) is 3.92. The summed E-state index contributed by atoms with van der Waals surface area (Å²) >= 11 is 0. The zero-order chi connectivity index (χ0) is 16.3. The lowest BCUT2D eigenvalue weighted by atomic mass is 9.96. The van der Waals surface area contributed by atoms with Crippen molar-refractivity contribution in [1.29, 1.82) is 0 Å². The van der Waals surface area contributed by atoms with Gasteiger partial charge in [-0.2, -0.15) is 0 Å². The van der Waals surface area contributed by atoms with Crippen LogP contribution in [0.25, 0.3) is 0 Å². The fourth-order valence-electron chi connectivity index (χ4n) is 2.78. The topological polar surface area (TPSA) is 72.2 Å². The van der Waals surface area contributed by atoms with Crippen molar-refractivity contribution < 1.29 is 21.6 Å². The van der Waals surface area contributed by atoms with Gasteiger partial charge in [0.2, 0.25) is 10.0 Å². The van der Waals surface area contributed by atoms with Crippen molar-refractivity contribution in [2.75, 3.05) is 5.32 Å². The minimum atomic E-state index is -4.59. The number of nitrogens with one attached hydrogen (secondary N) is 1. The lowest BCUT2D eigenvalue weighted by Gasteiger charge is -2.23. The molecular formula is C14H19F3N2O2S. The molecule has 0 saturated heterocycles. The van der Waals surface area contributed by atoms with Crippen molar-refractivity contribution in [3.63, 3.8) is 0 Å². The summed E-state index contributed by atoms with van der Waals surface area (Å²) < 4.78 is 64.1. The number of benzene rings is 1. The molecule has 0 amide bonds. The minimum Gasteiger partial charge on any atom is -0.379 e. The molecule has 0 aromatic heterocycles. The predicted octanol–water partition coefficient (Wildman–Crippen LogP) is 3.28. The van der Waals surface area contributed by atoms with Gasteiger partial charge < -0.3 is 5.32 Å². The van der Waals surface area contributed by atoms with E-state index in [1.807, 2.05) is 0 Å². The van der Waals surface area contributed by atoms with E-state index in [4.69, 9.17) is 5.14 Å². The van der Waals surface area contributed by atoms with Crippen LogP contribution in [0.5, 0.6) is 0 Å². The maximum atomic E-state index is 14.0. The van der Waals surface area contributed by atoms with Crippen molar-refractivity contribution in [2.45, 2.75) is 55.9 Å². The number of hydrogen-bond donors (Lipinski definition) is 2. The summed E-state index contributed by atoms with van der Waals surface area (Å²) in [7, 11) is -4.59. The first-order valence-corrected chi connectivity index (χ1v) is 8.82. The van der Waals surface area contributed by atoms with E-state index in [2.05, 4.69) is 5.32 Å². The molecule has 1 fully saturated rings. The molecule has 1 saturated carbocycles. The first kappa shape index (κ1) is 17.1. The van der Waals surface area contributed by atoms with Crippen LogP contribution in [0.4, 0.5) is 18.9 Å². The SMILES string of the molecule is NS(=O)(=O)c1c(F)c(F)cc(F)c1NC1CCCCCCC1. The highest BCUT2D eigenvalue weighted by Crippen LogP contribution is 2.31. The van der Waals surface area contributed by atoms with Gasteiger partial charge in [0.15, 0.2) is 17.5 Å². The van der Waals surface area contributed by atoms with Crippen molar-refractivity contribution in [1.82, 2.24) is 0 Å². The smallest absolute Gasteiger partial charge is 0.243 e. The summed E-state index contributed by atoms with van der Waals surface area (Å²) in [5, 5.41) is 7.64. The molecule has 8 heteroatoms. The van der Waals surface area contributed by atoms with Gasteiger partial charge in [-0.1, -0.05) is 32.1 Å². The van der Waals surface area contributed by atoms with Crippen molar-refractivity contribution in [3.05, 3.63) is 23.5 Å². The first-order chi connectivity index (χ1) is 10.3.